The zero-order valence-corrected chi connectivity index (χ0v) is 20.4. The zero-order chi connectivity index (χ0) is 26.7. The maximum Gasteiger partial charge on any atom is 0.416 e. The highest BCUT2D eigenvalue weighted by atomic mass is 35.5. The van der Waals surface area contributed by atoms with E-state index < -0.39 is 35.9 Å². The van der Waals surface area contributed by atoms with Crippen LogP contribution in [0.4, 0.5) is 24.7 Å². The van der Waals surface area contributed by atoms with Crippen LogP contribution in [0.2, 0.25) is 5.02 Å². The molecule has 13 heteroatoms. The Balaban J connectivity index is 1.55. The number of benzene rings is 2. The Morgan fingerprint density at radius 1 is 1.11 bits per heavy atom. The molecule has 198 valence electrons. The number of aromatic nitrogens is 2. The van der Waals surface area contributed by atoms with E-state index in [2.05, 4.69) is 5.32 Å². The topological polar surface area (TPSA) is 98.0 Å². The summed E-state index contributed by atoms with van der Waals surface area (Å²) in [5.74, 6) is 0.273. The number of halogens is 4. The minimum absolute atomic E-state index is 0.0356. The molecule has 2 N–H and O–H groups in total. The largest absolute Gasteiger partial charge is 0.491 e. The van der Waals surface area contributed by atoms with Crippen LogP contribution in [0, 0.1) is 0 Å². The van der Waals surface area contributed by atoms with Crippen LogP contribution in [0.15, 0.2) is 58.1 Å². The Hall–Kier alpha value is -3.48. The van der Waals surface area contributed by atoms with Crippen LogP contribution in [-0.2, 0) is 31.1 Å². The number of fused-ring (bicyclic) bond motifs is 1. The molecule has 9 nitrogen and oxygen atoms in total. The van der Waals surface area contributed by atoms with E-state index in [0.717, 1.165) is 22.3 Å². The quantitative estimate of drug-likeness (QED) is 0.403. The van der Waals surface area contributed by atoms with Crippen molar-refractivity contribution in [2.24, 2.45) is 7.05 Å². The molecule has 0 spiro atoms. The molecule has 0 fully saturated rings. The normalized spacial score (nSPS) is 15.0. The van der Waals surface area contributed by atoms with E-state index in [9.17, 15) is 27.9 Å². The number of aliphatic hydroxyl groups is 1. The summed E-state index contributed by atoms with van der Waals surface area (Å²) in [6.07, 6.45) is -5.38. The molecular formula is C24H24ClF3N4O5. The van der Waals surface area contributed by atoms with Gasteiger partial charge in [0.05, 0.1) is 25.3 Å². The second-order valence-electron chi connectivity index (χ2n) is 8.22. The Morgan fingerprint density at radius 3 is 2.51 bits per heavy atom. The van der Waals surface area contributed by atoms with Crippen molar-refractivity contribution in [1.29, 1.82) is 0 Å². The van der Waals surface area contributed by atoms with Gasteiger partial charge in [-0.1, -0.05) is 29.8 Å². The first-order chi connectivity index (χ1) is 17.6. The lowest BCUT2D eigenvalue weighted by Crippen LogP contribution is -2.43. The molecule has 1 unspecified atom stereocenters. The van der Waals surface area contributed by atoms with Crippen molar-refractivity contribution in [2.45, 2.75) is 25.6 Å². The van der Waals surface area contributed by atoms with Gasteiger partial charge in [-0.3, -0.25) is 13.9 Å². The van der Waals surface area contributed by atoms with Crippen molar-refractivity contribution in [3.05, 3.63) is 85.5 Å². The predicted molar refractivity (Wildman–Crippen MR) is 131 cm³/mol. The number of nitrogens with one attached hydrogen (secondary N) is 1. The first-order valence-electron chi connectivity index (χ1n) is 11.2. The highest BCUT2D eigenvalue weighted by Gasteiger charge is 2.36. The summed E-state index contributed by atoms with van der Waals surface area (Å²) in [7, 11) is 1.49. The van der Waals surface area contributed by atoms with Gasteiger partial charge in [-0.25, -0.2) is 4.79 Å². The first-order valence-corrected chi connectivity index (χ1v) is 11.6. The van der Waals surface area contributed by atoms with E-state index in [0.29, 0.717) is 5.02 Å². The fourth-order valence-electron chi connectivity index (χ4n) is 3.95. The van der Waals surface area contributed by atoms with E-state index in [1.54, 1.807) is 29.2 Å². The van der Waals surface area contributed by atoms with E-state index in [-0.39, 0.29) is 43.6 Å². The third kappa shape index (κ3) is 5.76. The number of ether oxygens (including phenoxy) is 2. The molecule has 0 amide bonds. The number of aliphatic hydroxyl groups excluding tert-OH is 1. The minimum Gasteiger partial charge on any atom is -0.491 e. The van der Waals surface area contributed by atoms with Gasteiger partial charge in [0.2, 0.25) is 6.35 Å². The highest BCUT2D eigenvalue weighted by molar-refractivity contribution is 6.30. The molecule has 1 aromatic heterocycles. The summed E-state index contributed by atoms with van der Waals surface area (Å²) in [4.78, 5) is 27.5. The Labute approximate surface area is 214 Å². The molecule has 0 radical (unpaired) electrons. The predicted octanol–water partition coefficient (Wildman–Crippen LogP) is 3.02. The molecule has 4 rings (SSSR count). The molecule has 1 aliphatic rings. The van der Waals surface area contributed by atoms with Crippen molar-refractivity contribution in [3.63, 3.8) is 0 Å². The third-order valence-electron chi connectivity index (χ3n) is 5.73. The lowest BCUT2D eigenvalue weighted by molar-refractivity contribution is -0.137. The minimum atomic E-state index is -4.49. The highest BCUT2D eigenvalue weighted by Crippen LogP contribution is 2.33. The fourth-order valence-corrected chi connectivity index (χ4v) is 4.07. The standard InChI is InChI=1S/C24H24ClF3N4O5/c1-30-20-19(21(34)31(9-10-33)23(30)35)32(14-15-5-7-17(25)8-6-15)22(29-20)37-12-11-36-18-4-2-3-16(13-18)24(26,27)28/h2-8,13,22,29,33H,9-12,14H2,1H3. The number of rotatable bonds is 9. The smallest absolute Gasteiger partial charge is 0.416 e. The monoisotopic (exact) mass is 540 g/mol. The average molecular weight is 541 g/mol. The molecule has 1 aliphatic heterocycles. The van der Waals surface area contributed by atoms with Crippen LogP contribution in [0.3, 0.4) is 0 Å². The summed E-state index contributed by atoms with van der Waals surface area (Å²) in [6.45, 7) is -0.478. The van der Waals surface area contributed by atoms with E-state index in [1.165, 1.54) is 23.7 Å². The third-order valence-corrected chi connectivity index (χ3v) is 5.99. The van der Waals surface area contributed by atoms with Crippen LogP contribution in [0.5, 0.6) is 5.75 Å². The Kier molecular flexibility index (Phi) is 7.81. The van der Waals surface area contributed by atoms with Gasteiger partial charge in [-0.15, -0.1) is 0 Å². The van der Waals surface area contributed by atoms with Crippen LogP contribution >= 0.6 is 11.6 Å². The number of hydrogen-bond acceptors (Lipinski definition) is 7. The average Bonchev–Trinajstić information content (AvgIpc) is 3.22. The fraction of sp³-hybridized carbons (Fsp3) is 0.333. The number of nitrogens with zero attached hydrogens (tertiary/aromatic N) is 3. The molecule has 37 heavy (non-hydrogen) atoms. The van der Waals surface area contributed by atoms with Gasteiger partial charge in [0.15, 0.2) is 0 Å². The van der Waals surface area contributed by atoms with Gasteiger partial charge >= 0.3 is 11.9 Å². The van der Waals surface area contributed by atoms with E-state index in [1.807, 2.05) is 0 Å². The molecule has 0 saturated heterocycles. The summed E-state index contributed by atoms with van der Waals surface area (Å²) in [6, 6.07) is 11.5. The van der Waals surface area contributed by atoms with Crippen molar-refractivity contribution in [2.75, 3.05) is 30.0 Å². The van der Waals surface area contributed by atoms with Gasteiger partial charge in [-0.2, -0.15) is 13.2 Å². The number of hydrogen-bond donors (Lipinski definition) is 2. The van der Waals surface area contributed by atoms with Crippen molar-refractivity contribution < 1.29 is 27.8 Å². The molecule has 0 saturated carbocycles. The molecule has 2 aromatic carbocycles. The van der Waals surface area contributed by atoms with E-state index in [4.69, 9.17) is 21.1 Å². The van der Waals surface area contributed by atoms with Gasteiger partial charge in [0, 0.05) is 18.6 Å². The summed E-state index contributed by atoms with van der Waals surface area (Å²) in [5.41, 5.74) is -1.05. The van der Waals surface area contributed by atoms with Gasteiger partial charge in [0.25, 0.3) is 5.56 Å². The van der Waals surface area contributed by atoms with Gasteiger partial charge < -0.3 is 24.8 Å². The lowest BCUT2D eigenvalue weighted by Gasteiger charge is -2.26. The van der Waals surface area contributed by atoms with Gasteiger partial charge in [0.1, 0.15) is 23.9 Å². The maximum absolute atomic E-state index is 13.2. The lowest BCUT2D eigenvalue weighted by atomic mass is 10.2. The number of anilines is 2. The zero-order valence-electron chi connectivity index (χ0n) is 19.7. The SMILES string of the molecule is Cn1c2c(c(=O)n(CCO)c1=O)N(Cc1ccc(Cl)cc1)C(OCCOc1cccc(C(F)(F)F)c1)N2. The van der Waals surface area contributed by atoms with Crippen molar-refractivity contribution in [1.82, 2.24) is 9.13 Å². The molecular weight excluding hydrogens is 517 g/mol. The van der Waals surface area contributed by atoms with Crippen LogP contribution in [0.1, 0.15) is 11.1 Å². The second kappa shape index (κ2) is 10.9. The van der Waals surface area contributed by atoms with Crippen LogP contribution in [0.25, 0.3) is 0 Å². The second-order valence-corrected chi connectivity index (χ2v) is 8.65. The van der Waals surface area contributed by atoms with Gasteiger partial charge in [-0.05, 0) is 35.9 Å². The molecule has 1 atom stereocenters. The van der Waals surface area contributed by atoms with E-state index >= 15 is 0 Å². The van der Waals surface area contributed by atoms with Crippen LogP contribution < -0.4 is 26.2 Å². The maximum atomic E-state index is 13.2. The van der Waals surface area contributed by atoms with Crippen molar-refractivity contribution >= 4 is 23.1 Å². The summed E-state index contributed by atoms with van der Waals surface area (Å²) in [5, 5.41) is 12.9. The van der Waals surface area contributed by atoms with Crippen LogP contribution in [-0.4, -0.2) is 40.4 Å². The Bertz CT molecular complexity index is 1370. The van der Waals surface area contributed by atoms with Crippen molar-refractivity contribution in [3.8, 4) is 5.75 Å². The number of alkyl halides is 3. The molecule has 2 heterocycles. The molecule has 0 bridgehead atoms. The summed E-state index contributed by atoms with van der Waals surface area (Å²) < 4.78 is 52.3. The Morgan fingerprint density at radius 2 is 1.84 bits per heavy atom. The first kappa shape index (κ1) is 26.6. The molecule has 0 aliphatic carbocycles. The molecule has 3 aromatic rings. The summed E-state index contributed by atoms with van der Waals surface area (Å²) >= 11 is 5.98.